The Kier molecular flexibility index (Phi) is 4.62. The molecule has 1 unspecified atom stereocenters. The Hall–Kier alpha value is -0.890. The van der Waals surface area contributed by atoms with Gasteiger partial charge in [0.05, 0.1) is 5.03 Å². The molecule has 1 heterocycles. The van der Waals surface area contributed by atoms with E-state index in [0.717, 1.165) is 5.92 Å². The Morgan fingerprint density at radius 3 is 2.37 bits per heavy atom. The molecule has 1 aromatic carbocycles. The number of hydrogen-bond donors (Lipinski definition) is 0. The van der Waals surface area contributed by atoms with Gasteiger partial charge >= 0.3 is 0 Å². The predicted octanol–water partition coefficient (Wildman–Crippen LogP) is 5.61. The zero-order chi connectivity index (χ0) is 14.0. The van der Waals surface area contributed by atoms with Crippen LogP contribution in [0.1, 0.15) is 40.7 Å². The Labute approximate surface area is 121 Å². The standard InChI is InChI=1S/C17H25NS/c1-12(2)11-19-17-16-9-7-6-8-15(16)10-18(17)14(5)13(3)4/h6-10,12-14H,11H2,1-5H3. The van der Waals surface area contributed by atoms with Crippen LogP contribution in [0, 0.1) is 11.8 Å². The lowest BCUT2D eigenvalue weighted by atomic mass is 10.1. The predicted molar refractivity (Wildman–Crippen MR) is 87.0 cm³/mol. The molecule has 0 saturated heterocycles. The average Bonchev–Trinajstić information content (AvgIpc) is 2.73. The summed E-state index contributed by atoms with van der Waals surface area (Å²) in [6.45, 7) is 11.5. The smallest absolute Gasteiger partial charge is 0.0830 e. The van der Waals surface area contributed by atoms with Crippen LogP contribution in [0.4, 0.5) is 0 Å². The first-order valence-corrected chi connectivity index (χ1v) is 8.21. The minimum atomic E-state index is 0.544. The lowest BCUT2D eigenvalue weighted by Gasteiger charge is -2.21. The van der Waals surface area contributed by atoms with Crippen molar-refractivity contribution in [3.05, 3.63) is 30.5 Å². The lowest BCUT2D eigenvalue weighted by molar-refractivity contribution is 0.391. The molecule has 0 aliphatic rings. The maximum Gasteiger partial charge on any atom is 0.0830 e. The molecule has 0 saturated carbocycles. The Bertz CT molecular complexity index is 539. The fraction of sp³-hybridized carbons (Fsp3) is 0.529. The van der Waals surface area contributed by atoms with Gasteiger partial charge in [-0.2, -0.15) is 0 Å². The molecule has 0 aliphatic carbocycles. The number of thioether (sulfide) groups is 1. The molecule has 0 spiro atoms. The van der Waals surface area contributed by atoms with Gasteiger partial charge in [0, 0.05) is 28.8 Å². The van der Waals surface area contributed by atoms with Crippen molar-refractivity contribution < 1.29 is 0 Å². The maximum atomic E-state index is 2.47. The molecule has 1 nitrogen and oxygen atoms in total. The number of fused-ring (bicyclic) bond motifs is 1. The van der Waals surface area contributed by atoms with Crippen molar-refractivity contribution in [1.29, 1.82) is 0 Å². The van der Waals surface area contributed by atoms with Crippen molar-refractivity contribution in [2.45, 2.75) is 45.7 Å². The number of rotatable bonds is 5. The van der Waals surface area contributed by atoms with E-state index in [2.05, 4.69) is 69.6 Å². The molecule has 19 heavy (non-hydrogen) atoms. The maximum absolute atomic E-state index is 2.47. The first-order chi connectivity index (χ1) is 9.00. The van der Waals surface area contributed by atoms with Gasteiger partial charge in [0.25, 0.3) is 0 Å². The van der Waals surface area contributed by atoms with Gasteiger partial charge in [0.2, 0.25) is 0 Å². The van der Waals surface area contributed by atoms with Gasteiger partial charge in [-0.05, 0) is 18.8 Å². The molecule has 0 aliphatic heterocycles. The zero-order valence-corrected chi connectivity index (χ0v) is 13.5. The molecule has 0 bridgehead atoms. The molecule has 0 N–H and O–H groups in total. The Morgan fingerprint density at radius 2 is 1.74 bits per heavy atom. The summed E-state index contributed by atoms with van der Waals surface area (Å²) in [6, 6.07) is 9.29. The molecule has 2 heteroatoms. The summed E-state index contributed by atoms with van der Waals surface area (Å²) in [7, 11) is 0. The summed E-state index contributed by atoms with van der Waals surface area (Å²) in [5.41, 5.74) is 0. The van der Waals surface area contributed by atoms with Crippen LogP contribution in [0.3, 0.4) is 0 Å². The molecule has 0 amide bonds. The molecular weight excluding hydrogens is 250 g/mol. The summed E-state index contributed by atoms with van der Waals surface area (Å²) < 4.78 is 2.47. The van der Waals surface area contributed by atoms with Crippen molar-refractivity contribution >= 4 is 22.5 Å². The minimum absolute atomic E-state index is 0.544. The number of benzene rings is 1. The largest absolute Gasteiger partial charge is 0.339 e. The molecule has 104 valence electrons. The van der Waals surface area contributed by atoms with E-state index in [1.54, 1.807) is 0 Å². The highest BCUT2D eigenvalue weighted by molar-refractivity contribution is 7.99. The third-order valence-electron chi connectivity index (χ3n) is 3.66. The zero-order valence-electron chi connectivity index (χ0n) is 12.7. The fourth-order valence-electron chi connectivity index (χ4n) is 2.17. The summed E-state index contributed by atoms with van der Waals surface area (Å²) in [4.78, 5) is 0. The number of nitrogens with zero attached hydrogens (tertiary/aromatic N) is 1. The highest BCUT2D eigenvalue weighted by Gasteiger charge is 2.16. The molecule has 0 fully saturated rings. The first-order valence-electron chi connectivity index (χ1n) is 7.23. The fourth-order valence-corrected chi connectivity index (χ4v) is 3.37. The van der Waals surface area contributed by atoms with E-state index in [1.165, 1.54) is 21.6 Å². The monoisotopic (exact) mass is 275 g/mol. The van der Waals surface area contributed by atoms with Crippen LogP contribution in [-0.4, -0.2) is 10.3 Å². The number of hydrogen-bond acceptors (Lipinski definition) is 1. The van der Waals surface area contributed by atoms with Crippen LogP contribution in [0.5, 0.6) is 0 Å². The summed E-state index contributed by atoms with van der Waals surface area (Å²) in [5, 5.41) is 4.20. The third-order valence-corrected chi connectivity index (χ3v) is 5.20. The van der Waals surface area contributed by atoms with E-state index < -0.39 is 0 Å². The average molecular weight is 275 g/mol. The Morgan fingerprint density at radius 1 is 1.05 bits per heavy atom. The van der Waals surface area contributed by atoms with Crippen LogP contribution in [0.2, 0.25) is 0 Å². The van der Waals surface area contributed by atoms with E-state index in [9.17, 15) is 0 Å². The highest BCUT2D eigenvalue weighted by Crippen LogP contribution is 2.35. The second kappa shape index (κ2) is 6.04. The van der Waals surface area contributed by atoms with Crippen LogP contribution < -0.4 is 0 Å². The molecular formula is C17H25NS. The number of aromatic nitrogens is 1. The van der Waals surface area contributed by atoms with Crippen molar-refractivity contribution in [1.82, 2.24) is 4.57 Å². The van der Waals surface area contributed by atoms with Gasteiger partial charge in [0.15, 0.2) is 0 Å². The minimum Gasteiger partial charge on any atom is -0.339 e. The van der Waals surface area contributed by atoms with Gasteiger partial charge in [-0.3, -0.25) is 0 Å². The van der Waals surface area contributed by atoms with E-state index in [4.69, 9.17) is 0 Å². The molecule has 0 radical (unpaired) electrons. The van der Waals surface area contributed by atoms with Crippen molar-refractivity contribution in [3.8, 4) is 0 Å². The molecule has 2 rings (SSSR count). The van der Waals surface area contributed by atoms with Crippen molar-refractivity contribution in [2.24, 2.45) is 11.8 Å². The lowest BCUT2D eigenvalue weighted by Crippen LogP contribution is -2.11. The van der Waals surface area contributed by atoms with Gasteiger partial charge in [0.1, 0.15) is 0 Å². The summed E-state index contributed by atoms with van der Waals surface area (Å²) >= 11 is 2.00. The van der Waals surface area contributed by atoms with Gasteiger partial charge in [-0.25, -0.2) is 0 Å². The molecule has 1 aromatic heterocycles. The quantitative estimate of drug-likeness (QED) is 0.642. The van der Waals surface area contributed by atoms with E-state index in [1.807, 2.05) is 11.8 Å². The van der Waals surface area contributed by atoms with Crippen LogP contribution in [0.25, 0.3) is 10.8 Å². The summed E-state index contributed by atoms with van der Waals surface area (Å²) in [5.74, 6) is 2.56. The van der Waals surface area contributed by atoms with Gasteiger partial charge in [-0.1, -0.05) is 52.0 Å². The first kappa shape index (κ1) is 14.5. The van der Waals surface area contributed by atoms with E-state index in [-0.39, 0.29) is 0 Å². The van der Waals surface area contributed by atoms with E-state index >= 15 is 0 Å². The van der Waals surface area contributed by atoms with Crippen molar-refractivity contribution in [2.75, 3.05) is 5.75 Å². The Balaban J connectivity index is 2.45. The third kappa shape index (κ3) is 3.17. The van der Waals surface area contributed by atoms with Crippen molar-refractivity contribution in [3.63, 3.8) is 0 Å². The second-order valence-electron chi connectivity index (χ2n) is 6.12. The van der Waals surface area contributed by atoms with Gasteiger partial charge in [-0.15, -0.1) is 11.8 Å². The van der Waals surface area contributed by atoms with Crippen LogP contribution in [0.15, 0.2) is 35.5 Å². The van der Waals surface area contributed by atoms with Crippen LogP contribution >= 0.6 is 11.8 Å². The van der Waals surface area contributed by atoms with Gasteiger partial charge < -0.3 is 4.57 Å². The molecule has 1 atom stereocenters. The summed E-state index contributed by atoms with van der Waals surface area (Å²) in [6.07, 6.45) is 2.32. The molecule has 2 aromatic rings. The second-order valence-corrected chi connectivity index (χ2v) is 7.13. The van der Waals surface area contributed by atoms with Crippen LogP contribution in [-0.2, 0) is 0 Å². The normalized spacial score (nSPS) is 13.6. The highest BCUT2D eigenvalue weighted by atomic mass is 32.2. The topological polar surface area (TPSA) is 4.93 Å². The SMILES string of the molecule is CC(C)CSc1c2ccccc2cn1C(C)C(C)C. The van der Waals surface area contributed by atoms with E-state index in [0.29, 0.717) is 12.0 Å².